The first kappa shape index (κ1) is 11.4. The highest BCUT2D eigenvalue weighted by molar-refractivity contribution is 5.77. The molecule has 1 aliphatic rings. The standard InChI is InChI=1S/C14H17N3O/c1-3-16-8-9-17-13(10(16)2)15-12-7-5-4-6-11(12)14(17)18/h4-7,10H,3,8-9H2,1-2H3. The van der Waals surface area contributed by atoms with Gasteiger partial charge in [-0.2, -0.15) is 0 Å². The van der Waals surface area contributed by atoms with Crippen molar-refractivity contribution in [3.05, 3.63) is 40.4 Å². The van der Waals surface area contributed by atoms with Crippen LogP contribution < -0.4 is 5.56 Å². The van der Waals surface area contributed by atoms with Gasteiger partial charge in [-0.05, 0) is 25.6 Å². The van der Waals surface area contributed by atoms with Crippen molar-refractivity contribution in [2.24, 2.45) is 0 Å². The molecule has 3 rings (SSSR count). The Hall–Kier alpha value is -1.68. The molecule has 4 heteroatoms. The Balaban J connectivity index is 2.27. The molecule has 0 aliphatic carbocycles. The highest BCUT2D eigenvalue weighted by Crippen LogP contribution is 2.22. The Morgan fingerprint density at radius 1 is 1.33 bits per heavy atom. The third kappa shape index (κ3) is 1.56. The highest BCUT2D eigenvalue weighted by atomic mass is 16.1. The van der Waals surface area contributed by atoms with E-state index >= 15 is 0 Å². The number of fused-ring (bicyclic) bond motifs is 2. The number of nitrogens with zero attached hydrogens (tertiary/aromatic N) is 3. The third-order valence-corrected chi connectivity index (χ3v) is 3.83. The minimum Gasteiger partial charge on any atom is -0.294 e. The lowest BCUT2D eigenvalue weighted by Crippen LogP contribution is -2.42. The molecule has 94 valence electrons. The van der Waals surface area contributed by atoms with Gasteiger partial charge in [-0.15, -0.1) is 0 Å². The molecular formula is C14H17N3O. The van der Waals surface area contributed by atoms with E-state index in [4.69, 9.17) is 0 Å². The van der Waals surface area contributed by atoms with Crippen molar-refractivity contribution >= 4 is 10.9 Å². The molecule has 1 atom stereocenters. The van der Waals surface area contributed by atoms with E-state index in [0.717, 1.165) is 36.4 Å². The Morgan fingerprint density at radius 2 is 2.11 bits per heavy atom. The first-order valence-corrected chi connectivity index (χ1v) is 6.46. The molecule has 0 saturated carbocycles. The van der Waals surface area contributed by atoms with E-state index in [-0.39, 0.29) is 11.6 Å². The lowest BCUT2D eigenvalue weighted by atomic mass is 10.1. The van der Waals surface area contributed by atoms with Gasteiger partial charge in [0.05, 0.1) is 16.9 Å². The van der Waals surface area contributed by atoms with E-state index in [2.05, 4.69) is 23.7 Å². The summed E-state index contributed by atoms with van der Waals surface area (Å²) >= 11 is 0. The van der Waals surface area contributed by atoms with Gasteiger partial charge in [0.15, 0.2) is 0 Å². The first-order chi connectivity index (χ1) is 8.72. The van der Waals surface area contributed by atoms with Crippen LogP contribution >= 0.6 is 0 Å². The number of benzene rings is 1. The number of hydrogen-bond acceptors (Lipinski definition) is 3. The maximum atomic E-state index is 12.4. The number of rotatable bonds is 1. The summed E-state index contributed by atoms with van der Waals surface area (Å²) < 4.78 is 1.83. The quantitative estimate of drug-likeness (QED) is 0.766. The second-order valence-electron chi connectivity index (χ2n) is 4.75. The highest BCUT2D eigenvalue weighted by Gasteiger charge is 2.25. The van der Waals surface area contributed by atoms with Gasteiger partial charge >= 0.3 is 0 Å². The van der Waals surface area contributed by atoms with Gasteiger partial charge in [-0.3, -0.25) is 14.3 Å². The zero-order chi connectivity index (χ0) is 12.7. The number of likely N-dealkylation sites (N-methyl/N-ethyl adjacent to an activating group) is 1. The summed E-state index contributed by atoms with van der Waals surface area (Å²) in [6, 6.07) is 7.80. The molecule has 0 N–H and O–H groups in total. The fourth-order valence-corrected chi connectivity index (χ4v) is 2.74. The van der Waals surface area contributed by atoms with Crippen LogP contribution in [0.4, 0.5) is 0 Å². The van der Waals surface area contributed by atoms with Crippen molar-refractivity contribution in [2.75, 3.05) is 13.1 Å². The second-order valence-corrected chi connectivity index (χ2v) is 4.75. The summed E-state index contributed by atoms with van der Waals surface area (Å²) in [5.41, 5.74) is 0.900. The summed E-state index contributed by atoms with van der Waals surface area (Å²) in [7, 11) is 0. The maximum absolute atomic E-state index is 12.4. The summed E-state index contributed by atoms with van der Waals surface area (Å²) in [6.45, 7) is 6.92. The normalized spacial score (nSPS) is 20.0. The van der Waals surface area contributed by atoms with Crippen LogP contribution in [0.25, 0.3) is 10.9 Å². The Bertz CT molecular complexity index is 647. The lowest BCUT2D eigenvalue weighted by molar-refractivity contribution is 0.170. The fourth-order valence-electron chi connectivity index (χ4n) is 2.74. The molecule has 18 heavy (non-hydrogen) atoms. The second kappa shape index (κ2) is 4.21. The number of aromatic nitrogens is 2. The summed E-state index contributed by atoms with van der Waals surface area (Å²) in [5, 5.41) is 0.721. The molecule has 0 bridgehead atoms. The summed E-state index contributed by atoms with van der Waals surface area (Å²) in [6.07, 6.45) is 0. The molecule has 2 aromatic rings. The van der Waals surface area contributed by atoms with Gasteiger partial charge in [0.2, 0.25) is 0 Å². The molecular weight excluding hydrogens is 226 g/mol. The molecule has 1 unspecified atom stereocenters. The van der Waals surface area contributed by atoms with Crippen LogP contribution in [-0.4, -0.2) is 27.5 Å². The Kier molecular flexibility index (Phi) is 2.67. The number of hydrogen-bond donors (Lipinski definition) is 0. The zero-order valence-electron chi connectivity index (χ0n) is 10.8. The monoisotopic (exact) mass is 243 g/mol. The molecule has 0 amide bonds. The average Bonchev–Trinajstić information content (AvgIpc) is 2.40. The molecule has 2 heterocycles. The third-order valence-electron chi connectivity index (χ3n) is 3.83. The molecule has 4 nitrogen and oxygen atoms in total. The number of para-hydroxylation sites is 1. The predicted molar refractivity (Wildman–Crippen MR) is 71.7 cm³/mol. The van der Waals surface area contributed by atoms with Crippen LogP contribution in [0.5, 0.6) is 0 Å². The molecule has 0 fully saturated rings. The van der Waals surface area contributed by atoms with Crippen molar-refractivity contribution in [1.29, 1.82) is 0 Å². The predicted octanol–water partition coefficient (Wildman–Crippen LogP) is 1.79. The smallest absolute Gasteiger partial charge is 0.261 e. The summed E-state index contributed by atoms with van der Waals surface area (Å²) in [4.78, 5) is 19.4. The van der Waals surface area contributed by atoms with Crippen LogP contribution in [0.3, 0.4) is 0 Å². The van der Waals surface area contributed by atoms with Crippen molar-refractivity contribution in [1.82, 2.24) is 14.5 Å². The van der Waals surface area contributed by atoms with Crippen molar-refractivity contribution in [3.8, 4) is 0 Å². The maximum Gasteiger partial charge on any atom is 0.261 e. The molecule has 1 aliphatic heterocycles. The van der Waals surface area contributed by atoms with Crippen molar-refractivity contribution in [3.63, 3.8) is 0 Å². The Morgan fingerprint density at radius 3 is 2.89 bits per heavy atom. The lowest BCUT2D eigenvalue weighted by Gasteiger charge is -2.34. The molecule has 0 radical (unpaired) electrons. The zero-order valence-corrected chi connectivity index (χ0v) is 10.8. The van der Waals surface area contributed by atoms with Crippen LogP contribution in [0.2, 0.25) is 0 Å². The summed E-state index contributed by atoms with van der Waals surface area (Å²) in [5.74, 6) is 0.895. The minimum absolute atomic E-state index is 0.0956. The van der Waals surface area contributed by atoms with Gasteiger partial charge in [0.25, 0.3) is 5.56 Å². The van der Waals surface area contributed by atoms with Gasteiger partial charge in [-0.25, -0.2) is 4.98 Å². The van der Waals surface area contributed by atoms with Gasteiger partial charge in [0.1, 0.15) is 5.82 Å². The van der Waals surface area contributed by atoms with Gasteiger partial charge in [-0.1, -0.05) is 19.1 Å². The van der Waals surface area contributed by atoms with E-state index in [1.807, 2.05) is 28.8 Å². The fraction of sp³-hybridized carbons (Fsp3) is 0.429. The van der Waals surface area contributed by atoms with E-state index < -0.39 is 0 Å². The first-order valence-electron chi connectivity index (χ1n) is 6.46. The van der Waals surface area contributed by atoms with Crippen molar-refractivity contribution in [2.45, 2.75) is 26.4 Å². The SMILES string of the molecule is CCN1CCn2c(nc3ccccc3c2=O)C1C. The average molecular weight is 243 g/mol. The molecule has 0 spiro atoms. The molecule has 1 aromatic carbocycles. The van der Waals surface area contributed by atoms with Crippen LogP contribution in [0, 0.1) is 0 Å². The van der Waals surface area contributed by atoms with Crippen LogP contribution in [0.1, 0.15) is 25.7 Å². The van der Waals surface area contributed by atoms with Gasteiger partial charge in [0, 0.05) is 13.1 Å². The van der Waals surface area contributed by atoms with E-state index in [1.165, 1.54) is 0 Å². The van der Waals surface area contributed by atoms with Gasteiger partial charge < -0.3 is 0 Å². The largest absolute Gasteiger partial charge is 0.294 e. The van der Waals surface area contributed by atoms with E-state index in [9.17, 15) is 4.79 Å². The van der Waals surface area contributed by atoms with Crippen LogP contribution in [-0.2, 0) is 6.54 Å². The topological polar surface area (TPSA) is 38.1 Å². The Labute approximate surface area is 106 Å². The molecule has 0 saturated heterocycles. The minimum atomic E-state index is 0.0956. The van der Waals surface area contributed by atoms with Crippen molar-refractivity contribution < 1.29 is 0 Å². The molecule has 1 aromatic heterocycles. The van der Waals surface area contributed by atoms with Crippen LogP contribution in [0.15, 0.2) is 29.1 Å². The van der Waals surface area contributed by atoms with E-state index in [0.29, 0.717) is 0 Å². The van der Waals surface area contributed by atoms with E-state index in [1.54, 1.807) is 0 Å².